The topological polar surface area (TPSA) is 75.5 Å². The van der Waals surface area contributed by atoms with Crippen molar-refractivity contribution >= 4 is 11.8 Å². The van der Waals surface area contributed by atoms with Crippen LogP contribution in [0.25, 0.3) is 11.4 Å². The minimum atomic E-state index is -1.07. The van der Waals surface area contributed by atoms with Gasteiger partial charge >= 0.3 is 5.97 Å². The molecule has 22 heavy (non-hydrogen) atoms. The van der Waals surface area contributed by atoms with Gasteiger partial charge < -0.3 is 14.7 Å². The van der Waals surface area contributed by atoms with Crippen LogP contribution in [0.4, 0.5) is 10.2 Å². The number of carboxylic acids is 1. The van der Waals surface area contributed by atoms with Crippen molar-refractivity contribution in [3.63, 3.8) is 0 Å². The summed E-state index contributed by atoms with van der Waals surface area (Å²) in [6.45, 7) is 2.08. The van der Waals surface area contributed by atoms with Gasteiger partial charge in [-0.2, -0.15) is 0 Å². The summed E-state index contributed by atoms with van der Waals surface area (Å²) in [6.07, 6.45) is 1.08. The van der Waals surface area contributed by atoms with Gasteiger partial charge in [0.05, 0.1) is 25.0 Å². The number of hydrogen-bond acceptors (Lipinski definition) is 5. The van der Waals surface area contributed by atoms with E-state index in [1.807, 2.05) is 0 Å². The highest BCUT2D eigenvalue weighted by atomic mass is 19.1. The molecule has 0 unspecified atom stereocenters. The Morgan fingerprint density at radius 2 is 2.00 bits per heavy atom. The van der Waals surface area contributed by atoms with Gasteiger partial charge in [0.15, 0.2) is 17.5 Å². The molecule has 2 heterocycles. The van der Waals surface area contributed by atoms with Gasteiger partial charge in [-0.1, -0.05) is 18.2 Å². The number of benzene rings is 1. The first-order valence-electron chi connectivity index (χ1n) is 6.85. The first kappa shape index (κ1) is 14.4. The number of aromatic nitrogens is 2. The van der Waals surface area contributed by atoms with Gasteiger partial charge in [0.25, 0.3) is 0 Å². The zero-order valence-electron chi connectivity index (χ0n) is 11.7. The van der Waals surface area contributed by atoms with Crippen LogP contribution in [0.3, 0.4) is 0 Å². The van der Waals surface area contributed by atoms with Crippen LogP contribution in [0.1, 0.15) is 10.4 Å². The maximum atomic E-state index is 14.0. The minimum absolute atomic E-state index is 0.0852. The van der Waals surface area contributed by atoms with E-state index < -0.39 is 11.8 Å². The molecule has 1 aromatic heterocycles. The van der Waals surface area contributed by atoms with Crippen LogP contribution in [0.15, 0.2) is 30.5 Å². The van der Waals surface area contributed by atoms with Crippen molar-refractivity contribution in [2.45, 2.75) is 0 Å². The average Bonchev–Trinajstić information content (AvgIpc) is 2.56. The number of halogens is 1. The molecule has 1 saturated heterocycles. The quantitative estimate of drug-likeness (QED) is 0.932. The summed E-state index contributed by atoms with van der Waals surface area (Å²) in [5, 5.41) is 9.24. The molecule has 114 valence electrons. The van der Waals surface area contributed by atoms with Crippen molar-refractivity contribution in [3.05, 3.63) is 41.8 Å². The van der Waals surface area contributed by atoms with Crippen LogP contribution in [0, 0.1) is 5.82 Å². The van der Waals surface area contributed by atoms with Crippen molar-refractivity contribution in [1.29, 1.82) is 0 Å². The largest absolute Gasteiger partial charge is 0.478 e. The summed E-state index contributed by atoms with van der Waals surface area (Å²) in [4.78, 5) is 21.2. The Hall–Kier alpha value is -2.54. The number of aromatic carboxylic acids is 1. The van der Waals surface area contributed by atoms with Crippen LogP contribution < -0.4 is 4.90 Å². The molecule has 0 atom stereocenters. The highest BCUT2D eigenvalue weighted by molar-refractivity contribution is 5.95. The van der Waals surface area contributed by atoms with E-state index in [0.29, 0.717) is 31.9 Å². The second kappa shape index (κ2) is 6.07. The van der Waals surface area contributed by atoms with E-state index in [2.05, 4.69) is 9.97 Å². The fourth-order valence-electron chi connectivity index (χ4n) is 2.35. The lowest BCUT2D eigenvalue weighted by molar-refractivity contribution is 0.0697. The Morgan fingerprint density at radius 3 is 2.73 bits per heavy atom. The monoisotopic (exact) mass is 303 g/mol. The Labute approximate surface area is 126 Å². The lowest BCUT2D eigenvalue weighted by atomic mass is 10.1. The molecular formula is C15H14FN3O3. The van der Waals surface area contributed by atoms with Gasteiger partial charge in [0.2, 0.25) is 0 Å². The SMILES string of the molecule is O=C(O)c1ccccc1-c1ncc(F)c(N2CCOCC2)n1. The third-order valence-electron chi connectivity index (χ3n) is 3.43. The molecule has 7 heteroatoms. The zero-order valence-corrected chi connectivity index (χ0v) is 11.7. The van der Waals surface area contributed by atoms with E-state index in [-0.39, 0.29) is 17.2 Å². The first-order chi connectivity index (χ1) is 10.7. The molecule has 1 fully saturated rings. The first-order valence-corrected chi connectivity index (χ1v) is 6.85. The molecule has 2 aromatic rings. The lowest BCUT2D eigenvalue weighted by Gasteiger charge is -2.28. The summed E-state index contributed by atoms with van der Waals surface area (Å²) in [5.74, 6) is -1.23. The van der Waals surface area contributed by atoms with Crippen molar-refractivity contribution < 1.29 is 19.0 Å². The van der Waals surface area contributed by atoms with Gasteiger partial charge in [0, 0.05) is 18.7 Å². The molecule has 1 N–H and O–H groups in total. The van der Waals surface area contributed by atoms with E-state index in [1.54, 1.807) is 23.1 Å². The Kier molecular flexibility index (Phi) is 3.97. The average molecular weight is 303 g/mol. The van der Waals surface area contributed by atoms with Gasteiger partial charge in [-0.05, 0) is 6.07 Å². The van der Waals surface area contributed by atoms with E-state index in [1.165, 1.54) is 6.07 Å². The number of carbonyl (C=O) groups is 1. The van der Waals surface area contributed by atoms with Crippen molar-refractivity contribution in [3.8, 4) is 11.4 Å². The predicted octanol–water partition coefficient (Wildman–Crippen LogP) is 1.82. The standard InChI is InChI=1S/C15H14FN3O3/c16-12-9-17-13(10-3-1-2-4-11(10)15(20)21)18-14(12)19-5-7-22-8-6-19/h1-4,9H,5-8H2,(H,20,21). The molecule has 0 radical (unpaired) electrons. The molecule has 6 nitrogen and oxygen atoms in total. The van der Waals surface area contributed by atoms with Crippen LogP contribution >= 0.6 is 0 Å². The molecule has 1 aromatic carbocycles. The summed E-state index contributed by atoms with van der Waals surface area (Å²) in [6, 6.07) is 6.40. The number of anilines is 1. The van der Waals surface area contributed by atoms with Crippen molar-refractivity contribution in [2.24, 2.45) is 0 Å². The summed E-state index contributed by atoms with van der Waals surface area (Å²) >= 11 is 0. The normalized spacial score (nSPS) is 14.9. The molecule has 0 aliphatic carbocycles. The third-order valence-corrected chi connectivity index (χ3v) is 3.43. The predicted molar refractivity (Wildman–Crippen MR) is 77.4 cm³/mol. The second-order valence-corrected chi connectivity index (χ2v) is 4.82. The number of ether oxygens (including phenoxy) is 1. The summed E-state index contributed by atoms with van der Waals surface area (Å²) in [5.41, 5.74) is 0.451. The highest BCUT2D eigenvalue weighted by Gasteiger charge is 2.20. The second-order valence-electron chi connectivity index (χ2n) is 4.82. The Bertz CT molecular complexity index is 702. The number of hydrogen-bond donors (Lipinski definition) is 1. The van der Waals surface area contributed by atoms with Gasteiger partial charge in [0.1, 0.15) is 0 Å². The Balaban J connectivity index is 2.04. The van der Waals surface area contributed by atoms with Crippen LogP contribution in [0.5, 0.6) is 0 Å². The molecule has 1 aliphatic rings. The third kappa shape index (κ3) is 2.75. The number of rotatable bonds is 3. The maximum absolute atomic E-state index is 14.0. The van der Waals surface area contributed by atoms with Crippen molar-refractivity contribution in [1.82, 2.24) is 9.97 Å². The van der Waals surface area contributed by atoms with Gasteiger partial charge in [-0.15, -0.1) is 0 Å². The Morgan fingerprint density at radius 1 is 1.27 bits per heavy atom. The molecule has 0 spiro atoms. The van der Waals surface area contributed by atoms with Gasteiger partial charge in [-0.25, -0.2) is 19.2 Å². The fraction of sp³-hybridized carbons (Fsp3) is 0.267. The minimum Gasteiger partial charge on any atom is -0.478 e. The molecule has 3 rings (SSSR count). The molecule has 0 saturated carbocycles. The van der Waals surface area contributed by atoms with E-state index >= 15 is 0 Å². The highest BCUT2D eigenvalue weighted by Crippen LogP contribution is 2.24. The number of nitrogens with zero attached hydrogens (tertiary/aromatic N) is 3. The zero-order chi connectivity index (χ0) is 15.5. The molecule has 0 bridgehead atoms. The lowest BCUT2D eigenvalue weighted by Crippen LogP contribution is -2.37. The molecule has 0 amide bonds. The molecular weight excluding hydrogens is 289 g/mol. The van der Waals surface area contributed by atoms with E-state index in [0.717, 1.165) is 6.20 Å². The van der Waals surface area contributed by atoms with E-state index in [9.17, 15) is 14.3 Å². The van der Waals surface area contributed by atoms with E-state index in [4.69, 9.17) is 4.74 Å². The van der Waals surface area contributed by atoms with Gasteiger partial charge in [-0.3, -0.25) is 0 Å². The number of carboxylic acid groups (broad SMARTS) is 1. The van der Waals surface area contributed by atoms with Crippen molar-refractivity contribution in [2.75, 3.05) is 31.2 Å². The van der Waals surface area contributed by atoms with Crippen LogP contribution in [-0.4, -0.2) is 47.3 Å². The summed E-state index contributed by atoms with van der Waals surface area (Å²) in [7, 11) is 0. The fourth-order valence-corrected chi connectivity index (χ4v) is 2.35. The smallest absolute Gasteiger partial charge is 0.336 e. The number of morpholine rings is 1. The van der Waals surface area contributed by atoms with Crippen LogP contribution in [-0.2, 0) is 4.74 Å². The maximum Gasteiger partial charge on any atom is 0.336 e. The molecule has 1 aliphatic heterocycles. The summed E-state index contributed by atoms with van der Waals surface area (Å²) < 4.78 is 19.2. The van der Waals surface area contributed by atoms with Crippen LogP contribution in [0.2, 0.25) is 0 Å².